The highest BCUT2D eigenvalue weighted by molar-refractivity contribution is 9.10. The zero-order chi connectivity index (χ0) is 10.7. The summed E-state index contributed by atoms with van der Waals surface area (Å²) in [6, 6.07) is 0. The third-order valence-electron chi connectivity index (χ3n) is 1.53. The van der Waals surface area contributed by atoms with Gasteiger partial charge in [-0.3, -0.25) is 0 Å². The minimum Gasteiger partial charge on any atom is -0.357 e. The third kappa shape index (κ3) is 2.67. The van der Waals surface area contributed by atoms with Crippen LogP contribution in [0.5, 0.6) is 0 Å². The molecule has 0 aliphatic heterocycles. The van der Waals surface area contributed by atoms with Crippen LogP contribution in [-0.4, -0.2) is 22.0 Å². The number of rotatable bonds is 3. The van der Waals surface area contributed by atoms with E-state index in [1.807, 2.05) is 5.38 Å². The molecule has 0 amide bonds. The van der Waals surface area contributed by atoms with Crippen molar-refractivity contribution in [3.8, 4) is 0 Å². The summed E-state index contributed by atoms with van der Waals surface area (Å²) in [7, 11) is 1.79. The molecule has 4 nitrogen and oxygen atoms in total. The number of nitrogens with zero attached hydrogens (tertiary/aromatic N) is 3. The van der Waals surface area contributed by atoms with Gasteiger partial charge in [0, 0.05) is 24.8 Å². The lowest BCUT2D eigenvalue weighted by molar-refractivity contribution is 1.02. The van der Waals surface area contributed by atoms with Crippen molar-refractivity contribution in [2.45, 2.75) is 9.37 Å². The van der Waals surface area contributed by atoms with E-state index in [4.69, 9.17) is 0 Å². The lowest BCUT2D eigenvalue weighted by Gasteiger charge is -2.02. The molecule has 0 radical (unpaired) electrons. The van der Waals surface area contributed by atoms with Crippen molar-refractivity contribution in [3.05, 3.63) is 22.2 Å². The topological polar surface area (TPSA) is 50.7 Å². The van der Waals surface area contributed by atoms with Crippen LogP contribution in [0.1, 0.15) is 0 Å². The first-order valence-electron chi connectivity index (χ1n) is 4.07. The number of hydrogen-bond acceptors (Lipinski definition) is 6. The number of anilines is 1. The van der Waals surface area contributed by atoms with Gasteiger partial charge >= 0.3 is 0 Å². The van der Waals surface area contributed by atoms with Crippen LogP contribution >= 0.6 is 39.0 Å². The summed E-state index contributed by atoms with van der Waals surface area (Å²) < 4.78 is 1.85. The van der Waals surface area contributed by atoms with Crippen LogP contribution in [0.2, 0.25) is 0 Å². The second kappa shape index (κ2) is 4.91. The van der Waals surface area contributed by atoms with Crippen LogP contribution < -0.4 is 5.32 Å². The zero-order valence-corrected chi connectivity index (χ0v) is 11.0. The SMILES string of the molecule is CNc1ncc(Br)c(Sc2nccs2)n1. The van der Waals surface area contributed by atoms with Gasteiger partial charge in [0.05, 0.1) is 4.47 Å². The summed E-state index contributed by atoms with van der Waals surface area (Å²) >= 11 is 6.52. The van der Waals surface area contributed by atoms with E-state index in [1.165, 1.54) is 11.8 Å². The fourth-order valence-corrected chi connectivity index (χ4v) is 2.84. The van der Waals surface area contributed by atoms with Gasteiger partial charge in [0.2, 0.25) is 5.95 Å². The Morgan fingerprint density at radius 2 is 2.33 bits per heavy atom. The van der Waals surface area contributed by atoms with Gasteiger partial charge in [-0.2, -0.15) is 0 Å². The lowest BCUT2D eigenvalue weighted by Crippen LogP contribution is -1.96. The van der Waals surface area contributed by atoms with E-state index in [1.54, 1.807) is 30.8 Å². The van der Waals surface area contributed by atoms with Crippen LogP contribution in [0.15, 0.2) is 31.6 Å². The molecular weight excluding hydrogens is 296 g/mol. The predicted molar refractivity (Wildman–Crippen MR) is 65.5 cm³/mol. The summed E-state index contributed by atoms with van der Waals surface area (Å²) in [6.45, 7) is 0. The van der Waals surface area contributed by atoms with Gasteiger partial charge in [-0.1, -0.05) is 0 Å². The highest BCUT2D eigenvalue weighted by Crippen LogP contribution is 2.32. The van der Waals surface area contributed by atoms with Gasteiger partial charge in [0.1, 0.15) is 5.03 Å². The Hall–Kier alpha value is -0.660. The standard InChI is InChI=1S/C8H7BrN4S2/c1-10-7-12-4-5(9)6(13-7)15-8-11-2-3-14-8/h2-4H,1H3,(H,10,12,13). The normalized spacial score (nSPS) is 10.3. The maximum atomic E-state index is 4.33. The number of aromatic nitrogens is 3. The van der Waals surface area contributed by atoms with Crippen LogP contribution in [0.25, 0.3) is 0 Å². The summed E-state index contributed by atoms with van der Waals surface area (Å²) in [4.78, 5) is 12.6. The molecule has 0 bridgehead atoms. The van der Waals surface area contributed by atoms with Crippen LogP contribution in [0.3, 0.4) is 0 Å². The van der Waals surface area contributed by atoms with E-state index in [0.717, 1.165) is 13.8 Å². The van der Waals surface area contributed by atoms with E-state index in [9.17, 15) is 0 Å². The molecule has 7 heteroatoms. The van der Waals surface area contributed by atoms with E-state index in [0.29, 0.717) is 5.95 Å². The summed E-state index contributed by atoms with van der Waals surface area (Å²) in [6.07, 6.45) is 3.51. The third-order valence-corrected chi connectivity index (χ3v) is 4.26. The minimum absolute atomic E-state index is 0.609. The van der Waals surface area contributed by atoms with Crippen LogP contribution in [-0.2, 0) is 0 Å². The minimum atomic E-state index is 0.609. The van der Waals surface area contributed by atoms with E-state index in [2.05, 4.69) is 36.2 Å². The van der Waals surface area contributed by atoms with Crippen molar-refractivity contribution < 1.29 is 0 Å². The molecule has 0 saturated carbocycles. The number of nitrogens with one attached hydrogen (secondary N) is 1. The van der Waals surface area contributed by atoms with Gasteiger partial charge in [0.25, 0.3) is 0 Å². The van der Waals surface area contributed by atoms with Crippen molar-refractivity contribution in [3.63, 3.8) is 0 Å². The molecule has 78 valence electrons. The second-order valence-corrected chi connectivity index (χ2v) is 5.48. The smallest absolute Gasteiger partial charge is 0.223 e. The molecule has 0 atom stereocenters. The first-order chi connectivity index (χ1) is 7.29. The highest BCUT2D eigenvalue weighted by Gasteiger charge is 2.07. The average Bonchev–Trinajstić information content (AvgIpc) is 2.74. The van der Waals surface area contributed by atoms with Gasteiger partial charge in [-0.25, -0.2) is 15.0 Å². The maximum Gasteiger partial charge on any atom is 0.223 e. The van der Waals surface area contributed by atoms with Gasteiger partial charge in [0.15, 0.2) is 4.34 Å². The molecule has 2 aromatic heterocycles. The van der Waals surface area contributed by atoms with Crippen molar-refractivity contribution >= 4 is 45.0 Å². The fourth-order valence-electron chi connectivity index (χ4n) is 0.887. The van der Waals surface area contributed by atoms with Gasteiger partial charge < -0.3 is 5.32 Å². The largest absolute Gasteiger partial charge is 0.357 e. The van der Waals surface area contributed by atoms with Crippen LogP contribution in [0.4, 0.5) is 5.95 Å². The lowest BCUT2D eigenvalue weighted by atomic mass is 10.7. The summed E-state index contributed by atoms with van der Waals surface area (Å²) in [5.74, 6) is 0.609. The van der Waals surface area contributed by atoms with Crippen LogP contribution in [0, 0.1) is 0 Å². The van der Waals surface area contributed by atoms with Crippen molar-refractivity contribution in [2.75, 3.05) is 12.4 Å². The summed E-state index contributed by atoms with van der Waals surface area (Å²) in [5, 5.41) is 5.71. The molecule has 2 rings (SSSR count). The molecule has 0 aliphatic carbocycles. The molecule has 0 spiro atoms. The number of halogens is 1. The average molecular weight is 303 g/mol. The molecule has 2 aromatic rings. The molecule has 2 heterocycles. The molecule has 1 N–H and O–H groups in total. The Labute approximate surface area is 104 Å². The maximum absolute atomic E-state index is 4.33. The van der Waals surface area contributed by atoms with Gasteiger partial charge in [-0.15, -0.1) is 11.3 Å². The fraction of sp³-hybridized carbons (Fsp3) is 0.125. The number of thiazole rings is 1. The Balaban J connectivity index is 2.27. The molecule has 0 saturated heterocycles. The second-order valence-electron chi connectivity index (χ2n) is 2.50. The quantitative estimate of drug-likeness (QED) is 0.884. The molecular formula is C8H7BrN4S2. The van der Waals surface area contributed by atoms with E-state index < -0.39 is 0 Å². The molecule has 0 aliphatic rings. The summed E-state index contributed by atoms with van der Waals surface area (Å²) in [5.41, 5.74) is 0. The molecule has 15 heavy (non-hydrogen) atoms. The first kappa shape index (κ1) is 10.8. The van der Waals surface area contributed by atoms with Gasteiger partial charge in [-0.05, 0) is 27.7 Å². The van der Waals surface area contributed by atoms with Crippen molar-refractivity contribution in [2.24, 2.45) is 0 Å². The first-order valence-corrected chi connectivity index (χ1v) is 6.56. The highest BCUT2D eigenvalue weighted by atomic mass is 79.9. The molecule has 0 aromatic carbocycles. The Bertz CT molecular complexity index is 446. The number of hydrogen-bond donors (Lipinski definition) is 1. The van der Waals surface area contributed by atoms with E-state index >= 15 is 0 Å². The van der Waals surface area contributed by atoms with E-state index in [-0.39, 0.29) is 0 Å². The Morgan fingerprint density at radius 1 is 1.47 bits per heavy atom. The van der Waals surface area contributed by atoms with Crippen molar-refractivity contribution in [1.82, 2.24) is 15.0 Å². The monoisotopic (exact) mass is 302 g/mol. The Kier molecular flexibility index (Phi) is 3.55. The zero-order valence-electron chi connectivity index (χ0n) is 7.77. The Morgan fingerprint density at radius 3 is 3.00 bits per heavy atom. The molecule has 0 unspecified atom stereocenters. The molecule has 0 fully saturated rings. The van der Waals surface area contributed by atoms with Crippen molar-refractivity contribution in [1.29, 1.82) is 0 Å². The predicted octanol–water partition coefficient (Wildman–Crippen LogP) is 2.89.